The predicted molar refractivity (Wildman–Crippen MR) is 109 cm³/mol. The fraction of sp³-hybridized carbons (Fsp3) is 0.450. The standard InChI is InChI=1S/C20H29N3O2S/c1-5-21-19(23-14-20(3,24)17-9-11-26-13-17)22-10-8-16-12-15(2)6-7-18(16)25-4/h6-7,9,11-13,24H,5,8,10,14H2,1-4H3,(H2,21,22,23). The Balaban J connectivity index is 1.97. The molecular weight excluding hydrogens is 346 g/mol. The van der Waals surface area contributed by atoms with Crippen molar-refractivity contribution in [2.24, 2.45) is 4.99 Å². The number of aliphatic imine (C=N–C) groups is 1. The van der Waals surface area contributed by atoms with Crippen LogP contribution in [0.3, 0.4) is 0 Å². The van der Waals surface area contributed by atoms with E-state index in [0.717, 1.165) is 30.8 Å². The first-order valence-electron chi connectivity index (χ1n) is 8.87. The Morgan fingerprint density at radius 1 is 1.31 bits per heavy atom. The zero-order chi connectivity index (χ0) is 19.0. The van der Waals surface area contributed by atoms with Crippen LogP contribution in [0.4, 0.5) is 0 Å². The Hall–Kier alpha value is -2.05. The second-order valence-corrected chi connectivity index (χ2v) is 7.25. The summed E-state index contributed by atoms with van der Waals surface area (Å²) in [7, 11) is 1.69. The van der Waals surface area contributed by atoms with Crippen molar-refractivity contribution in [1.82, 2.24) is 10.6 Å². The molecule has 0 amide bonds. The van der Waals surface area contributed by atoms with E-state index in [1.807, 2.05) is 35.9 Å². The van der Waals surface area contributed by atoms with Gasteiger partial charge in [-0.05, 0) is 61.2 Å². The zero-order valence-corrected chi connectivity index (χ0v) is 16.8. The quantitative estimate of drug-likeness (QED) is 0.490. The molecule has 0 saturated carbocycles. The number of aryl methyl sites for hydroxylation is 1. The van der Waals surface area contributed by atoms with Gasteiger partial charge in [-0.3, -0.25) is 0 Å². The molecule has 0 aliphatic heterocycles. The van der Waals surface area contributed by atoms with E-state index in [4.69, 9.17) is 4.74 Å². The lowest BCUT2D eigenvalue weighted by molar-refractivity contribution is 0.0677. The average Bonchev–Trinajstić information content (AvgIpc) is 3.15. The first kappa shape index (κ1) is 20.3. The van der Waals surface area contributed by atoms with Gasteiger partial charge < -0.3 is 20.5 Å². The van der Waals surface area contributed by atoms with Crippen LogP contribution in [0.2, 0.25) is 0 Å². The van der Waals surface area contributed by atoms with Gasteiger partial charge in [-0.25, -0.2) is 4.99 Å². The fourth-order valence-electron chi connectivity index (χ4n) is 2.66. The van der Waals surface area contributed by atoms with Crippen LogP contribution in [0.15, 0.2) is 40.0 Å². The van der Waals surface area contributed by atoms with Crippen LogP contribution in [0, 0.1) is 6.92 Å². The van der Waals surface area contributed by atoms with Crippen molar-refractivity contribution >= 4 is 17.3 Å². The third-order valence-electron chi connectivity index (χ3n) is 4.16. The van der Waals surface area contributed by atoms with Gasteiger partial charge in [0.1, 0.15) is 11.4 Å². The molecule has 142 valence electrons. The lowest BCUT2D eigenvalue weighted by Gasteiger charge is -2.21. The first-order valence-corrected chi connectivity index (χ1v) is 9.81. The molecule has 6 heteroatoms. The minimum Gasteiger partial charge on any atom is -0.496 e. The summed E-state index contributed by atoms with van der Waals surface area (Å²) in [6.07, 6.45) is 0.830. The van der Waals surface area contributed by atoms with Crippen molar-refractivity contribution in [3.8, 4) is 5.75 Å². The molecule has 26 heavy (non-hydrogen) atoms. The summed E-state index contributed by atoms with van der Waals surface area (Å²) < 4.78 is 5.43. The summed E-state index contributed by atoms with van der Waals surface area (Å²) in [5.41, 5.74) is 2.31. The maximum atomic E-state index is 10.6. The molecule has 5 nitrogen and oxygen atoms in total. The van der Waals surface area contributed by atoms with Gasteiger partial charge in [-0.15, -0.1) is 0 Å². The second-order valence-electron chi connectivity index (χ2n) is 6.47. The number of hydrogen-bond donors (Lipinski definition) is 3. The molecule has 0 spiro atoms. The number of aliphatic hydroxyl groups is 1. The molecule has 3 N–H and O–H groups in total. The van der Waals surface area contributed by atoms with Crippen LogP contribution in [0.5, 0.6) is 5.75 Å². The number of methoxy groups -OCH3 is 1. The second kappa shape index (κ2) is 9.59. The summed E-state index contributed by atoms with van der Waals surface area (Å²) >= 11 is 1.58. The van der Waals surface area contributed by atoms with Crippen LogP contribution in [-0.2, 0) is 12.0 Å². The Bertz CT molecular complexity index is 712. The normalized spacial score (nSPS) is 14.0. The Kier molecular flexibility index (Phi) is 7.48. The fourth-order valence-corrected chi connectivity index (χ4v) is 3.44. The lowest BCUT2D eigenvalue weighted by atomic mass is 10.00. The van der Waals surface area contributed by atoms with Crippen LogP contribution < -0.4 is 15.4 Å². The zero-order valence-electron chi connectivity index (χ0n) is 16.0. The maximum absolute atomic E-state index is 10.6. The predicted octanol–water partition coefficient (Wildman–Crippen LogP) is 3.07. The van der Waals surface area contributed by atoms with Crippen molar-refractivity contribution in [3.05, 3.63) is 51.7 Å². The third kappa shape index (κ3) is 5.75. The SMILES string of the molecule is CCNC(=NCC(C)(O)c1ccsc1)NCCc1cc(C)ccc1OC. The summed E-state index contributed by atoms with van der Waals surface area (Å²) in [4.78, 5) is 4.55. The number of hydrogen-bond acceptors (Lipinski definition) is 4. The molecular formula is C20H29N3O2S. The van der Waals surface area contributed by atoms with Gasteiger partial charge in [0.2, 0.25) is 0 Å². The van der Waals surface area contributed by atoms with Gasteiger partial charge in [-0.2, -0.15) is 11.3 Å². The van der Waals surface area contributed by atoms with Gasteiger partial charge in [0.15, 0.2) is 5.96 Å². The number of benzene rings is 1. The van der Waals surface area contributed by atoms with Crippen molar-refractivity contribution in [3.63, 3.8) is 0 Å². The van der Waals surface area contributed by atoms with Crippen molar-refractivity contribution in [1.29, 1.82) is 0 Å². The third-order valence-corrected chi connectivity index (χ3v) is 4.84. The van der Waals surface area contributed by atoms with Gasteiger partial charge in [0, 0.05) is 13.1 Å². The molecule has 1 heterocycles. The van der Waals surface area contributed by atoms with Gasteiger partial charge in [-0.1, -0.05) is 17.7 Å². The maximum Gasteiger partial charge on any atom is 0.191 e. The van der Waals surface area contributed by atoms with E-state index in [-0.39, 0.29) is 0 Å². The number of nitrogens with one attached hydrogen (secondary N) is 2. The van der Waals surface area contributed by atoms with Gasteiger partial charge in [0.05, 0.1) is 13.7 Å². The number of ether oxygens (including phenoxy) is 1. The highest BCUT2D eigenvalue weighted by molar-refractivity contribution is 7.08. The average molecular weight is 376 g/mol. The minimum absolute atomic E-state index is 0.298. The highest BCUT2D eigenvalue weighted by Gasteiger charge is 2.23. The molecule has 0 bridgehead atoms. The summed E-state index contributed by atoms with van der Waals surface area (Å²) in [6.45, 7) is 7.69. The minimum atomic E-state index is -0.970. The van der Waals surface area contributed by atoms with E-state index >= 15 is 0 Å². The molecule has 2 aromatic rings. The highest BCUT2D eigenvalue weighted by Crippen LogP contribution is 2.23. The van der Waals surface area contributed by atoms with Crippen LogP contribution in [0.1, 0.15) is 30.5 Å². The van der Waals surface area contributed by atoms with E-state index < -0.39 is 5.60 Å². The molecule has 1 unspecified atom stereocenters. The summed E-state index contributed by atoms with van der Waals surface area (Å²) in [6, 6.07) is 8.13. The van der Waals surface area contributed by atoms with E-state index in [2.05, 4.69) is 28.6 Å². The van der Waals surface area contributed by atoms with Crippen molar-refractivity contribution in [2.75, 3.05) is 26.7 Å². The number of rotatable bonds is 8. The lowest BCUT2D eigenvalue weighted by Crippen LogP contribution is -2.39. The Labute approximate surface area is 160 Å². The molecule has 2 rings (SSSR count). The molecule has 0 fully saturated rings. The van der Waals surface area contributed by atoms with E-state index in [9.17, 15) is 5.11 Å². The number of nitrogens with zero attached hydrogens (tertiary/aromatic N) is 1. The topological polar surface area (TPSA) is 65.9 Å². The molecule has 1 aromatic carbocycles. The van der Waals surface area contributed by atoms with Crippen molar-refractivity contribution < 1.29 is 9.84 Å². The molecule has 0 aliphatic carbocycles. The van der Waals surface area contributed by atoms with E-state index in [0.29, 0.717) is 12.5 Å². The Morgan fingerprint density at radius 3 is 2.77 bits per heavy atom. The molecule has 0 saturated heterocycles. The van der Waals surface area contributed by atoms with Crippen molar-refractivity contribution in [2.45, 2.75) is 32.8 Å². The van der Waals surface area contributed by atoms with Crippen LogP contribution >= 0.6 is 11.3 Å². The van der Waals surface area contributed by atoms with Crippen LogP contribution in [0.25, 0.3) is 0 Å². The smallest absolute Gasteiger partial charge is 0.191 e. The summed E-state index contributed by atoms with van der Waals surface area (Å²) in [5.74, 6) is 1.61. The largest absolute Gasteiger partial charge is 0.496 e. The molecule has 1 aromatic heterocycles. The first-order chi connectivity index (χ1) is 12.5. The number of thiophene rings is 1. The molecule has 0 aliphatic rings. The summed E-state index contributed by atoms with van der Waals surface area (Å²) in [5, 5.41) is 21.1. The monoisotopic (exact) mass is 375 g/mol. The molecule has 1 atom stereocenters. The Morgan fingerprint density at radius 2 is 2.12 bits per heavy atom. The van der Waals surface area contributed by atoms with Crippen LogP contribution in [-0.4, -0.2) is 37.8 Å². The van der Waals surface area contributed by atoms with Gasteiger partial charge >= 0.3 is 0 Å². The van der Waals surface area contributed by atoms with E-state index in [1.54, 1.807) is 25.4 Å². The number of guanidine groups is 1. The molecule has 0 radical (unpaired) electrons. The van der Waals surface area contributed by atoms with Gasteiger partial charge in [0.25, 0.3) is 0 Å². The highest BCUT2D eigenvalue weighted by atomic mass is 32.1. The van der Waals surface area contributed by atoms with E-state index in [1.165, 1.54) is 11.1 Å².